The van der Waals surface area contributed by atoms with Crippen molar-refractivity contribution < 1.29 is 4.79 Å². The Kier molecular flexibility index (Phi) is 3.44. The monoisotopic (exact) mass is 212 g/mol. The van der Waals surface area contributed by atoms with Crippen molar-refractivity contribution in [2.24, 2.45) is 22.5 Å². The normalized spacial score (nSPS) is 22.5. The molecular weight excluding hydrogens is 188 g/mol. The standard InChI is InChI=1S/C12H24N2O/c1-11(2)9(12(11,3)4)10(15)14-8-6-5-7-13/h9H,5-8,13H2,1-4H3,(H,14,15). The van der Waals surface area contributed by atoms with Gasteiger partial charge in [0.1, 0.15) is 0 Å². The third kappa shape index (κ3) is 2.17. The average molecular weight is 212 g/mol. The maximum atomic E-state index is 11.9. The molecule has 0 bridgehead atoms. The van der Waals surface area contributed by atoms with Crippen LogP contribution in [0.2, 0.25) is 0 Å². The number of unbranched alkanes of at least 4 members (excludes halogenated alkanes) is 1. The second kappa shape index (κ2) is 4.12. The van der Waals surface area contributed by atoms with Gasteiger partial charge in [0.2, 0.25) is 5.91 Å². The summed E-state index contributed by atoms with van der Waals surface area (Å²) in [4.78, 5) is 11.9. The number of amides is 1. The summed E-state index contributed by atoms with van der Waals surface area (Å²) in [6.07, 6.45) is 1.97. The first-order chi connectivity index (χ1) is 6.85. The molecule has 0 saturated heterocycles. The molecule has 1 rings (SSSR count). The minimum atomic E-state index is 0.144. The molecule has 0 atom stereocenters. The largest absolute Gasteiger partial charge is 0.356 e. The van der Waals surface area contributed by atoms with Crippen LogP contribution in [0.3, 0.4) is 0 Å². The van der Waals surface area contributed by atoms with Gasteiger partial charge in [-0.2, -0.15) is 0 Å². The summed E-state index contributed by atoms with van der Waals surface area (Å²) in [6, 6.07) is 0. The maximum Gasteiger partial charge on any atom is 0.224 e. The highest BCUT2D eigenvalue weighted by Gasteiger charge is 2.68. The van der Waals surface area contributed by atoms with E-state index in [2.05, 4.69) is 33.0 Å². The number of hydrogen-bond acceptors (Lipinski definition) is 2. The molecular formula is C12H24N2O. The van der Waals surface area contributed by atoms with Crippen LogP contribution < -0.4 is 11.1 Å². The molecule has 0 heterocycles. The van der Waals surface area contributed by atoms with Crippen molar-refractivity contribution in [3.63, 3.8) is 0 Å². The van der Waals surface area contributed by atoms with Gasteiger partial charge in [0.15, 0.2) is 0 Å². The van der Waals surface area contributed by atoms with E-state index >= 15 is 0 Å². The second-order valence-corrected chi connectivity index (χ2v) is 5.66. The van der Waals surface area contributed by atoms with Gasteiger partial charge >= 0.3 is 0 Å². The van der Waals surface area contributed by atoms with E-state index < -0.39 is 0 Å². The van der Waals surface area contributed by atoms with Gasteiger partial charge in [-0.3, -0.25) is 4.79 Å². The van der Waals surface area contributed by atoms with E-state index in [0.717, 1.165) is 19.4 Å². The number of rotatable bonds is 5. The summed E-state index contributed by atoms with van der Waals surface area (Å²) >= 11 is 0. The van der Waals surface area contributed by atoms with E-state index in [4.69, 9.17) is 5.73 Å². The Labute approximate surface area is 92.8 Å². The summed E-state index contributed by atoms with van der Waals surface area (Å²) in [7, 11) is 0. The summed E-state index contributed by atoms with van der Waals surface area (Å²) in [6.45, 7) is 10.1. The number of hydrogen-bond donors (Lipinski definition) is 2. The number of nitrogens with one attached hydrogen (secondary N) is 1. The third-order valence-electron chi connectivity index (χ3n) is 4.21. The van der Waals surface area contributed by atoms with E-state index in [1.165, 1.54) is 0 Å². The molecule has 1 aliphatic rings. The van der Waals surface area contributed by atoms with E-state index in [0.29, 0.717) is 6.54 Å². The lowest BCUT2D eigenvalue weighted by atomic mass is 10.0. The molecule has 15 heavy (non-hydrogen) atoms. The molecule has 1 fully saturated rings. The van der Waals surface area contributed by atoms with Crippen LogP contribution in [0.4, 0.5) is 0 Å². The van der Waals surface area contributed by atoms with Gasteiger partial charge in [0.05, 0.1) is 0 Å². The predicted molar refractivity (Wildman–Crippen MR) is 62.4 cm³/mol. The molecule has 0 radical (unpaired) electrons. The van der Waals surface area contributed by atoms with Crippen molar-refractivity contribution in [3.8, 4) is 0 Å². The first-order valence-electron chi connectivity index (χ1n) is 5.83. The Morgan fingerprint density at radius 3 is 2.13 bits per heavy atom. The van der Waals surface area contributed by atoms with Crippen molar-refractivity contribution in [1.29, 1.82) is 0 Å². The molecule has 3 N–H and O–H groups in total. The predicted octanol–water partition coefficient (Wildman–Crippen LogP) is 1.52. The third-order valence-corrected chi connectivity index (χ3v) is 4.21. The summed E-state index contributed by atoms with van der Waals surface area (Å²) in [5.74, 6) is 0.380. The maximum absolute atomic E-state index is 11.9. The minimum Gasteiger partial charge on any atom is -0.356 e. The zero-order valence-electron chi connectivity index (χ0n) is 10.4. The Bertz CT molecular complexity index is 232. The van der Waals surface area contributed by atoms with Crippen LogP contribution in [0.25, 0.3) is 0 Å². The van der Waals surface area contributed by atoms with E-state index in [1.54, 1.807) is 0 Å². The topological polar surface area (TPSA) is 55.1 Å². The highest BCUT2D eigenvalue weighted by atomic mass is 16.2. The molecule has 0 aliphatic heterocycles. The van der Waals surface area contributed by atoms with Gasteiger partial charge in [-0.15, -0.1) is 0 Å². The van der Waals surface area contributed by atoms with Crippen LogP contribution in [0, 0.1) is 16.7 Å². The fraction of sp³-hybridized carbons (Fsp3) is 0.917. The van der Waals surface area contributed by atoms with Gasteiger partial charge in [-0.05, 0) is 30.2 Å². The van der Waals surface area contributed by atoms with Gasteiger partial charge in [-0.25, -0.2) is 0 Å². The number of carbonyl (C=O) groups excluding carboxylic acids is 1. The SMILES string of the molecule is CC1(C)C(C(=O)NCCCCN)C1(C)C. The summed E-state index contributed by atoms with van der Waals surface area (Å²) in [5.41, 5.74) is 5.68. The van der Waals surface area contributed by atoms with Crippen LogP contribution in [0.5, 0.6) is 0 Å². The molecule has 0 aromatic rings. The molecule has 0 aromatic heterocycles. The highest BCUT2D eigenvalue weighted by molar-refractivity contribution is 5.84. The second-order valence-electron chi connectivity index (χ2n) is 5.66. The van der Waals surface area contributed by atoms with Gasteiger partial charge < -0.3 is 11.1 Å². The zero-order chi connectivity index (χ0) is 11.7. The van der Waals surface area contributed by atoms with Crippen molar-refractivity contribution in [1.82, 2.24) is 5.32 Å². The van der Waals surface area contributed by atoms with Crippen LogP contribution in [-0.4, -0.2) is 19.0 Å². The van der Waals surface area contributed by atoms with E-state index in [1.807, 2.05) is 0 Å². The molecule has 0 spiro atoms. The average Bonchev–Trinajstić information content (AvgIpc) is 2.51. The summed E-state index contributed by atoms with van der Waals surface area (Å²) < 4.78 is 0. The lowest BCUT2D eigenvalue weighted by molar-refractivity contribution is -0.123. The van der Waals surface area contributed by atoms with Crippen LogP contribution >= 0.6 is 0 Å². The van der Waals surface area contributed by atoms with Crippen LogP contribution in [0.1, 0.15) is 40.5 Å². The van der Waals surface area contributed by atoms with E-state index in [9.17, 15) is 4.79 Å². The van der Waals surface area contributed by atoms with Crippen molar-refractivity contribution in [3.05, 3.63) is 0 Å². The fourth-order valence-corrected chi connectivity index (χ4v) is 2.43. The Morgan fingerprint density at radius 1 is 1.20 bits per heavy atom. The first kappa shape index (κ1) is 12.5. The Balaban J connectivity index is 2.32. The molecule has 88 valence electrons. The van der Waals surface area contributed by atoms with Crippen molar-refractivity contribution >= 4 is 5.91 Å². The van der Waals surface area contributed by atoms with Crippen LogP contribution in [0.15, 0.2) is 0 Å². The molecule has 3 nitrogen and oxygen atoms in total. The highest BCUT2D eigenvalue weighted by Crippen LogP contribution is 2.68. The lowest BCUT2D eigenvalue weighted by Gasteiger charge is -2.05. The Morgan fingerprint density at radius 2 is 1.73 bits per heavy atom. The molecule has 1 saturated carbocycles. The van der Waals surface area contributed by atoms with Crippen molar-refractivity contribution in [2.45, 2.75) is 40.5 Å². The number of nitrogens with two attached hydrogens (primary N) is 1. The quantitative estimate of drug-likeness (QED) is 0.679. The zero-order valence-corrected chi connectivity index (χ0v) is 10.4. The summed E-state index contributed by atoms with van der Waals surface area (Å²) in [5, 5.41) is 3.00. The molecule has 1 aliphatic carbocycles. The molecule has 0 unspecified atom stereocenters. The van der Waals surface area contributed by atoms with Gasteiger partial charge in [-0.1, -0.05) is 27.7 Å². The lowest BCUT2D eigenvalue weighted by Crippen LogP contribution is -2.28. The first-order valence-corrected chi connectivity index (χ1v) is 5.83. The van der Waals surface area contributed by atoms with Crippen LogP contribution in [-0.2, 0) is 4.79 Å². The molecule has 3 heteroatoms. The molecule has 0 aromatic carbocycles. The van der Waals surface area contributed by atoms with Gasteiger partial charge in [0, 0.05) is 12.5 Å². The van der Waals surface area contributed by atoms with Crippen molar-refractivity contribution in [2.75, 3.05) is 13.1 Å². The van der Waals surface area contributed by atoms with Gasteiger partial charge in [0.25, 0.3) is 0 Å². The smallest absolute Gasteiger partial charge is 0.224 e. The Hall–Kier alpha value is -0.570. The fourth-order valence-electron chi connectivity index (χ4n) is 2.43. The van der Waals surface area contributed by atoms with E-state index in [-0.39, 0.29) is 22.7 Å². The number of carbonyl (C=O) groups is 1. The minimum absolute atomic E-state index is 0.144. The molecule has 1 amide bonds.